The summed E-state index contributed by atoms with van der Waals surface area (Å²) < 4.78 is 24.0. The molecule has 0 aliphatic rings. The first-order valence-electron chi connectivity index (χ1n) is 5.60. The van der Waals surface area contributed by atoms with Crippen LogP contribution >= 0.6 is 0 Å². The van der Waals surface area contributed by atoms with Crippen molar-refractivity contribution in [3.63, 3.8) is 0 Å². The molecule has 0 spiro atoms. The molecule has 0 atom stereocenters. The van der Waals surface area contributed by atoms with Gasteiger partial charge in [-0.1, -0.05) is 12.1 Å². The van der Waals surface area contributed by atoms with Crippen LogP contribution in [0.2, 0.25) is 0 Å². The Morgan fingerprint density at radius 1 is 1.47 bits per heavy atom. The fraction of sp³-hybridized carbons (Fsp3) is 0.800. The average molecular weight is 260 g/mol. The molecule has 0 aliphatic heterocycles. The number of nitrogens with one attached hydrogen (secondary N) is 1. The van der Waals surface area contributed by atoms with Gasteiger partial charge in [0.1, 0.15) is 5.82 Å². The molecule has 0 radical (unpaired) electrons. The Kier molecular flexibility index (Phi) is 4.13. The highest BCUT2D eigenvalue weighted by Crippen LogP contribution is 2.16. The van der Waals surface area contributed by atoms with Crippen LogP contribution in [0.3, 0.4) is 0 Å². The molecule has 0 saturated carbocycles. The minimum absolute atomic E-state index is 0.336. The Bertz CT molecular complexity index is 464. The van der Waals surface area contributed by atoms with Crippen LogP contribution in [0.15, 0.2) is 6.20 Å². The second-order valence-electron chi connectivity index (χ2n) is 4.73. The quantitative estimate of drug-likeness (QED) is 0.823. The fourth-order valence-electron chi connectivity index (χ4n) is 1.21. The molecule has 6 nitrogen and oxygen atoms in total. The van der Waals surface area contributed by atoms with Gasteiger partial charge in [0.15, 0.2) is 9.84 Å². The third-order valence-electron chi connectivity index (χ3n) is 2.75. The topological polar surface area (TPSA) is 76.9 Å². The van der Waals surface area contributed by atoms with Gasteiger partial charge in [-0.3, -0.25) is 0 Å². The molecule has 0 aliphatic carbocycles. The van der Waals surface area contributed by atoms with Gasteiger partial charge in [-0.15, -0.1) is 5.10 Å². The second-order valence-corrected chi connectivity index (χ2v) is 7.38. The summed E-state index contributed by atoms with van der Waals surface area (Å²) in [6.07, 6.45) is 3.80. The van der Waals surface area contributed by atoms with Crippen molar-refractivity contribution in [3.05, 3.63) is 6.20 Å². The zero-order chi connectivity index (χ0) is 13.1. The van der Waals surface area contributed by atoms with Crippen LogP contribution in [0.1, 0.15) is 27.2 Å². The molecule has 17 heavy (non-hydrogen) atoms. The highest BCUT2D eigenvalue weighted by molar-refractivity contribution is 7.92. The Hall–Kier alpha value is -1.11. The maximum Gasteiger partial charge on any atom is 0.154 e. The Morgan fingerprint density at radius 3 is 2.65 bits per heavy atom. The van der Waals surface area contributed by atoms with Gasteiger partial charge in [0.2, 0.25) is 0 Å². The Labute approximate surface area is 102 Å². The molecule has 98 valence electrons. The van der Waals surface area contributed by atoms with E-state index in [1.807, 2.05) is 6.92 Å². The van der Waals surface area contributed by atoms with E-state index in [4.69, 9.17) is 0 Å². The van der Waals surface area contributed by atoms with Crippen LogP contribution in [0.25, 0.3) is 0 Å². The summed E-state index contributed by atoms with van der Waals surface area (Å²) in [7, 11) is -3.09. The monoisotopic (exact) mass is 260 g/mol. The SMILES string of the molecule is CCCn1nncc1NCC(C)(C)S(C)(=O)=O. The maximum absolute atomic E-state index is 11.5. The van der Waals surface area contributed by atoms with E-state index in [0.717, 1.165) is 18.8 Å². The maximum atomic E-state index is 11.5. The first-order valence-corrected chi connectivity index (χ1v) is 7.49. The van der Waals surface area contributed by atoms with Gasteiger partial charge < -0.3 is 5.32 Å². The van der Waals surface area contributed by atoms with Gasteiger partial charge >= 0.3 is 0 Å². The van der Waals surface area contributed by atoms with E-state index in [1.165, 1.54) is 6.26 Å². The molecule has 0 unspecified atom stereocenters. The number of anilines is 1. The van der Waals surface area contributed by atoms with E-state index < -0.39 is 14.6 Å². The zero-order valence-electron chi connectivity index (χ0n) is 10.8. The molecule has 7 heteroatoms. The van der Waals surface area contributed by atoms with Crippen LogP contribution in [0.4, 0.5) is 5.82 Å². The molecular weight excluding hydrogens is 240 g/mol. The third-order valence-corrected chi connectivity index (χ3v) is 4.90. The third kappa shape index (κ3) is 3.42. The molecule has 1 N–H and O–H groups in total. The van der Waals surface area contributed by atoms with E-state index >= 15 is 0 Å². The van der Waals surface area contributed by atoms with Gasteiger partial charge in [0.25, 0.3) is 0 Å². The lowest BCUT2D eigenvalue weighted by atomic mass is 10.2. The highest BCUT2D eigenvalue weighted by atomic mass is 32.2. The minimum atomic E-state index is -3.09. The molecular formula is C10H20N4O2S. The van der Waals surface area contributed by atoms with E-state index in [-0.39, 0.29) is 0 Å². The number of aromatic nitrogens is 3. The molecule has 0 bridgehead atoms. The van der Waals surface area contributed by atoms with Crippen LogP contribution < -0.4 is 5.32 Å². The van der Waals surface area contributed by atoms with Crippen molar-refractivity contribution in [1.82, 2.24) is 15.0 Å². The zero-order valence-corrected chi connectivity index (χ0v) is 11.6. The van der Waals surface area contributed by atoms with Gasteiger partial charge in [-0.2, -0.15) is 0 Å². The van der Waals surface area contributed by atoms with Crippen molar-refractivity contribution in [1.29, 1.82) is 0 Å². The number of rotatable bonds is 6. The number of nitrogens with zero attached hydrogens (tertiary/aromatic N) is 3. The van der Waals surface area contributed by atoms with Crippen LogP contribution in [-0.4, -0.2) is 41.0 Å². The normalized spacial score (nSPS) is 12.7. The van der Waals surface area contributed by atoms with Gasteiger partial charge in [-0.05, 0) is 20.3 Å². The first-order chi connectivity index (χ1) is 7.78. The first kappa shape index (κ1) is 14.0. The number of sulfone groups is 1. The van der Waals surface area contributed by atoms with Gasteiger partial charge in [0, 0.05) is 19.3 Å². The van der Waals surface area contributed by atoms with Crippen LogP contribution in [0.5, 0.6) is 0 Å². The molecule has 0 saturated heterocycles. The van der Waals surface area contributed by atoms with E-state index in [2.05, 4.69) is 15.6 Å². The number of hydrogen-bond acceptors (Lipinski definition) is 5. The predicted octanol–water partition coefficient (Wildman–Crippen LogP) is 0.923. The van der Waals surface area contributed by atoms with E-state index in [0.29, 0.717) is 6.54 Å². The van der Waals surface area contributed by atoms with Crippen LogP contribution in [0, 0.1) is 0 Å². The lowest BCUT2D eigenvalue weighted by Crippen LogP contribution is -2.38. The van der Waals surface area contributed by atoms with Crippen molar-refractivity contribution in [2.45, 2.75) is 38.5 Å². The van der Waals surface area contributed by atoms with Crippen molar-refractivity contribution in [3.8, 4) is 0 Å². The largest absolute Gasteiger partial charge is 0.367 e. The Balaban J connectivity index is 2.71. The van der Waals surface area contributed by atoms with E-state index in [9.17, 15) is 8.42 Å². The molecule has 1 heterocycles. The lowest BCUT2D eigenvalue weighted by molar-refractivity contribution is 0.555. The number of hydrogen-bond donors (Lipinski definition) is 1. The average Bonchev–Trinajstić information content (AvgIpc) is 2.61. The highest BCUT2D eigenvalue weighted by Gasteiger charge is 2.30. The summed E-state index contributed by atoms with van der Waals surface area (Å²) in [6, 6.07) is 0. The standard InChI is InChI=1S/C10H20N4O2S/c1-5-6-14-9(7-12-13-14)11-8-10(2,3)17(4,15)16/h7,11H,5-6,8H2,1-4H3. The predicted molar refractivity (Wildman–Crippen MR) is 67.7 cm³/mol. The van der Waals surface area contributed by atoms with Crippen molar-refractivity contribution in [2.75, 3.05) is 18.1 Å². The molecule has 0 aromatic carbocycles. The van der Waals surface area contributed by atoms with Crippen LogP contribution in [-0.2, 0) is 16.4 Å². The minimum Gasteiger partial charge on any atom is -0.367 e. The van der Waals surface area contributed by atoms with Crippen molar-refractivity contribution < 1.29 is 8.42 Å². The van der Waals surface area contributed by atoms with Crippen molar-refractivity contribution >= 4 is 15.7 Å². The summed E-state index contributed by atoms with van der Waals surface area (Å²) in [5, 5.41) is 10.8. The summed E-state index contributed by atoms with van der Waals surface area (Å²) in [4.78, 5) is 0. The Morgan fingerprint density at radius 2 is 2.12 bits per heavy atom. The second kappa shape index (κ2) is 5.03. The smallest absolute Gasteiger partial charge is 0.154 e. The summed E-state index contributed by atoms with van der Waals surface area (Å²) in [6.45, 7) is 6.54. The molecule has 0 fully saturated rings. The number of aryl methyl sites for hydroxylation is 1. The molecule has 1 rings (SSSR count). The molecule has 1 aromatic heterocycles. The van der Waals surface area contributed by atoms with Gasteiger partial charge in [0.05, 0.1) is 10.9 Å². The molecule has 0 amide bonds. The van der Waals surface area contributed by atoms with E-state index in [1.54, 1.807) is 24.7 Å². The van der Waals surface area contributed by atoms with Crippen molar-refractivity contribution in [2.24, 2.45) is 0 Å². The van der Waals surface area contributed by atoms with Gasteiger partial charge in [-0.25, -0.2) is 13.1 Å². The lowest BCUT2D eigenvalue weighted by Gasteiger charge is -2.23. The molecule has 1 aromatic rings. The fourth-order valence-corrected chi connectivity index (χ4v) is 1.54. The summed E-state index contributed by atoms with van der Waals surface area (Å²) in [5.74, 6) is 0.753. The summed E-state index contributed by atoms with van der Waals surface area (Å²) >= 11 is 0. The summed E-state index contributed by atoms with van der Waals surface area (Å²) in [5.41, 5.74) is 0.